The number of pyridine rings is 1. The molecule has 0 radical (unpaired) electrons. The number of hydrogen-bond donors (Lipinski definition) is 3. The van der Waals surface area contributed by atoms with Gasteiger partial charge in [0.05, 0.1) is 0 Å². The Morgan fingerprint density at radius 3 is 2.57 bits per heavy atom. The second kappa shape index (κ2) is 3.13. The molecule has 14 heavy (non-hydrogen) atoms. The topological polar surface area (TPSA) is 88.3 Å². The molecule has 0 aromatic carbocycles. The van der Waals surface area contributed by atoms with Gasteiger partial charge in [-0.25, -0.2) is 0 Å². The second-order valence-electron chi connectivity index (χ2n) is 2.31. The Hall–Kier alpha value is -1.86. The molecule has 4 N–H and O–H groups in total. The van der Waals surface area contributed by atoms with Crippen LogP contribution in [0.2, 0.25) is 0 Å². The van der Waals surface area contributed by atoms with Gasteiger partial charge in [0.1, 0.15) is 11.4 Å². The molecule has 0 saturated heterocycles. The number of nitrogens with one attached hydrogen (secondary N) is 1. The van der Waals surface area contributed by atoms with Crippen LogP contribution in [0, 0.1) is 0 Å². The van der Waals surface area contributed by atoms with Gasteiger partial charge in [0, 0.05) is 6.07 Å². The summed E-state index contributed by atoms with van der Waals surface area (Å²) in [7, 11) is 0. The van der Waals surface area contributed by atoms with Crippen LogP contribution in [0.5, 0.6) is 11.6 Å². The van der Waals surface area contributed by atoms with Crippen LogP contribution in [0.1, 0.15) is 0 Å². The summed E-state index contributed by atoms with van der Waals surface area (Å²) < 4.78 is 38.5. The number of aromatic amines is 1. The maximum absolute atomic E-state index is 11.7. The van der Waals surface area contributed by atoms with Crippen molar-refractivity contribution in [1.29, 1.82) is 0 Å². The number of nitrogen functional groups attached to an aromatic ring is 1. The number of alkyl halides is 3. The number of hydrogen-bond acceptors (Lipinski definition) is 4. The fraction of sp³-hybridized carbons (Fsp3) is 0.167. The van der Waals surface area contributed by atoms with Gasteiger partial charge in [-0.15, -0.1) is 13.2 Å². The van der Waals surface area contributed by atoms with Crippen molar-refractivity contribution in [2.75, 3.05) is 5.73 Å². The fourth-order valence-electron chi connectivity index (χ4n) is 0.730. The molecule has 0 aliphatic rings. The zero-order valence-corrected chi connectivity index (χ0v) is 6.55. The molecule has 0 saturated carbocycles. The molecule has 0 unspecified atom stereocenters. The summed E-state index contributed by atoms with van der Waals surface area (Å²) in [5, 5.41) is 8.89. The largest absolute Gasteiger partial charge is 0.574 e. The van der Waals surface area contributed by atoms with Gasteiger partial charge in [-0.2, -0.15) is 0 Å². The van der Waals surface area contributed by atoms with Gasteiger partial charge in [-0.05, 0) is 0 Å². The normalized spacial score (nSPS) is 11.4. The van der Waals surface area contributed by atoms with E-state index >= 15 is 0 Å². The molecule has 0 amide bonds. The van der Waals surface area contributed by atoms with Crippen LogP contribution in [0.15, 0.2) is 10.9 Å². The highest BCUT2D eigenvalue weighted by Gasteiger charge is 2.33. The SMILES string of the molecule is Nc1c(O)cc(=O)[nH]c1OC(F)(F)F. The molecule has 0 bridgehead atoms. The van der Waals surface area contributed by atoms with E-state index < -0.39 is 29.2 Å². The third kappa shape index (κ3) is 2.31. The molecule has 1 aromatic heterocycles. The first-order valence-electron chi connectivity index (χ1n) is 3.27. The predicted octanol–water partition coefficient (Wildman–Crippen LogP) is 0.561. The lowest BCUT2D eigenvalue weighted by atomic mass is 10.4. The van der Waals surface area contributed by atoms with Gasteiger partial charge < -0.3 is 15.6 Å². The molecule has 0 atom stereocenters. The van der Waals surface area contributed by atoms with Crippen LogP contribution in [0.25, 0.3) is 0 Å². The summed E-state index contributed by atoms with van der Waals surface area (Å²) in [5.74, 6) is -1.80. The van der Waals surface area contributed by atoms with Crippen LogP contribution in [-0.4, -0.2) is 16.5 Å². The third-order valence-corrected chi connectivity index (χ3v) is 1.24. The molecule has 0 aliphatic heterocycles. The van der Waals surface area contributed by atoms with Crippen molar-refractivity contribution in [2.45, 2.75) is 6.36 Å². The quantitative estimate of drug-likeness (QED) is 0.631. The maximum Gasteiger partial charge on any atom is 0.574 e. The maximum atomic E-state index is 11.7. The fourth-order valence-corrected chi connectivity index (χ4v) is 0.730. The van der Waals surface area contributed by atoms with E-state index in [1.807, 2.05) is 0 Å². The summed E-state index contributed by atoms with van der Waals surface area (Å²) in [6.45, 7) is 0. The summed E-state index contributed by atoms with van der Waals surface area (Å²) >= 11 is 0. The first-order valence-corrected chi connectivity index (χ1v) is 3.27. The Morgan fingerprint density at radius 1 is 1.50 bits per heavy atom. The lowest BCUT2D eigenvalue weighted by Crippen LogP contribution is -2.21. The monoisotopic (exact) mass is 210 g/mol. The zero-order chi connectivity index (χ0) is 10.9. The minimum atomic E-state index is -4.98. The van der Waals surface area contributed by atoms with E-state index in [2.05, 4.69) is 4.74 Å². The third-order valence-electron chi connectivity index (χ3n) is 1.24. The minimum absolute atomic E-state index is 0.637. The minimum Gasteiger partial charge on any atom is -0.505 e. The molecule has 5 nitrogen and oxygen atoms in total. The van der Waals surface area contributed by atoms with Gasteiger partial charge >= 0.3 is 6.36 Å². The van der Waals surface area contributed by atoms with Crippen molar-refractivity contribution >= 4 is 5.69 Å². The van der Waals surface area contributed by atoms with E-state index in [-0.39, 0.29) is 0 Å². The molecule has 0 aliphatic carbocycles. The Morgan fingerprint density at radius 2 is 2.07 bits per heavy atom. The van der Waals surface area contributed by atoms with Gasteiger partial charge in [0.2, 0.25) is 5.88 Å². The summed E-state index contributed by atoms with van der Waals surface area (Å²) in [4.78, 5) is 12.3. The van der Waals surface area contributed by atoms with Gasteiger partial charge in [0.25, 0.3) is 5.56 Å². The number of anilines is 1. The first kappa shape index (κ1) is 10.2. The molecule has 1 rings (SSSR count). The summed E-state index contributed by atoms with van der Waals surface area (Å²) in [6, 6.07) is 0.637. The van der Waals surface area contributed by atoms with Crippen molar-refractivity contribution in [3.8, 4) is 11.6 Å². The highest BCUT2D eigenvalue weighted by Crippen LogP contribution is 2.30. The van der Waals surface area contributed by atoms with E-state index in [9.17, 15) is 18.0 Å². The van der Waals surface area contributed by atoms with Gasteiger partial charge in [0.15, 0.2) is 0 Å². The molecular weight excluding hydrogens is 205 g/mol. The Kier molecular flexibility index (Phi) is 2.28. The summed E-state index contributed by atoms with van der Waals surface area (Å²) in [6.07, 6.45) is -4.98. The molecule has 0 spiro atoms. The molecule has 1 aromatic rings. The lowest BCUT2D eigenvalue weighted by molar-refractivity contribution is -0.275. The van der Waals surface area contributed by atoms with E-state index in [1.165, 1.54) is 0 Å². The van der Waals surface area contributed by atoms with Gasteiger partial charge in [-0.3, -0.25) is 9.78 Å². The summed E-state index contributed by atoms with van der Waals surface area (Å²) in [5.41, 5.74) is 3.39. The number of aromatic nitrogens is 1. The van der Waals surface area contributed by atoms with Crippen molar-refractivity contribution < 1.29 is 23.0 Å². The highest BCUT2D eigenvalue weighted by molar-refractivity contribution is 5.58. The van der Waals surface area contributed by atoms with Crippen LogP contribution in [0.4, 0.5) is 18.9 Å². The standard InChI is InChI=1S/C6H5F3N2O3/c7-6(8,9)14-5-4(10)2(12)1-3(13)11-5/h1H,10H2,(H2,11,12,13). The number of aromatic hydroxyl groups is 1. The van der Waals surface area contributed by atoms with Crippen molar-refractivity contribution in [3.63, 3.8) is 0 Å². The molecular formula is C6H5F3N2O3. The molecule has 1 heterocycles. The number of ether oxygens (including phenoxy) is 1. The molecule has 8 heteroatoms. The number of halogens is 3. The Balaban J connectivity index is 3.15. The van der Waals surface area contributed by atoms with E-state index in [4.69, 9.17) is 10.8 Å². The van der Waals surface area contributed by atoms with Crippen molar-refractivity contribution in [3.05, 3.63) is 16.4 Å². The Bertz CT molecular complexity index is 398. The van der Waals surface area contributed by atoms with E-state index in [0.717, 1.165) is 0 Å². The average Bonchev–Trinajstić information content (AvgIpc) is 1.96. The first-order chi connectivity index (χ1) is 6.29. The molecule has 78 valence electrons. The smallest absolute Gasteiger partial charge is 0.505 e. The van der Waals surface area contributed by atoms with Crippen molar-refractivity contribution in [2.24, 2.45) is 0 Å². The predicted molar refractivity (Wildman–Crippen MR) is 39.8 cm³/mol. The van der Waals surface area contributed by atoms with Crippen LogP contribution >= 0.6 is 0 Å². The number of nitrogens with two attached hydrogens (primary N) is 1. The van der Waals surface area contributed by atoms with Crippen LogP contribution in [-0.2, 0) is 0 Å². The number of rotatable bonds is 1. The highest BCUT2D eigenvalue weighted by atomic mass is 19.4. The molecule has 0 fully saturated rings. The second-order valence-corrected chi connectivity index (χ2v) is 2.31. The zero-order valence-electron chi connectivity index (χ0n) is 6.55. The Labute approximate surface area is 74.9 Å². The van der Waals surface area contributed by atoms with Crippen LogP contribution in [0.3, 0.4) is 0 Å². The van der Waals surface area contributed by atoms with Crippen LogP contribution < -0.4 is 16.0 Å². The number of H-pyrrole nitrogens is 1. The lowest BCUT2D eigenvalue weighted by Gasteiger charge is -2.10. The van der Waals surface area contributed by atoms with Gasteiger partial charge in [-0.1, -0.05) is 0 Å². The van der Waals surface area contributed by atoms with Crippen molar-refractivity contribution in [1.82, 2.24) is 4.98 Å². The average molecular weight is 210 g/mol. The van der Waals surface area contributed by atoms with E-state index in [0.29, 0.717) is 6.07 Å². The van der Waals surface area contributed by atoms with E-state index in [1.54, 1.807) is 4.98 Å².